The Morgan fingerprint density at radius 3 is 2.67 bits per heavy atom. The fourth-order valence-electron chi connectivity index (χ4n) is 1.82. The number of nitrogens with one attached hydrogen (secondary N) is 1. The summed E-state index contributed by atoms with van der Waals surface area (Å²) in [4.78, 5) is 21.6. The van der Waals surface area contributed by atoms with Crippen molar-refractivity contribution in [3.05, 3.63) is 34.1 Å². The van der Waals surface area contributed by atoms with Gasteiger partial charge in [-0.2, -0.15) is 0 Å². The molecule has 1 amide bonds. The van der Waals surface area contributed by atoms with E-state index < -0.39 is 33.6 Å². The molecule has 0 saturated heterocycles. The zero-order chi connectivity index (χ0) is 16.2. The molecule has 1 rings (SSSR count). The van der Waals surface area contributed by atoms with Crippen molar-refractivity contribution in [2.24, 2.45) is 5.73 Å². The van der Waals surface area contributed by atoms with Gasteiger partial charge >= 0.3 is 5.69 Å². The summed E-state index contributed by atoms with van der Waals surface area (Å²) < 4.78 is 18.9. The molecule has 0 aliphatic carbocycles. The number of primary amides is 1. The van der Waals surface area contributed by atoms with Gasteiger partial charge in [-0.1, -0.05) is 6.07 Å². The Labute approximate surface area is 121 Å². The summed E-state index contributed by atoms with van der Waals surface area (Å²) in [6.07, 6.45) is 0. The van der Waals surface area contributed by atoms with Crippen molar-refractivity contribution in [1.82, 2.24) is 5.32 Å². The van der Waals surface area contributed by atoms with Crippen LogP contribution in [0.5, 0.6) is 5.75 Å². The van der Waals surface area contributed by atoms with E-state index in [1.807, 2.05) is 0 Å². The van der Waals surface area contributed by atoms with E-state index in [0.29, 0.717) is 0 Å². The van der Waals surface area contributed by atoms with Crippen LogP contribution in [0, 0.1) is 15.9 Å². The molecule has 116 valence electrons. The quantitative estimate of drug-likeness (QED) is 0.583. The van der Waals surface area contributed by atoms with E-state index in [0.717, 1.165) is 12.1 Å². The average molecular weight is 299 g/mol. The fourth-order valence-corrected chi connectivity index (χ4v) is 1.82. The summed E-state index contributed by atoms with van der Waals surface area (Å²) in [6.45, 7) is 4.75. The van der Waals surface area contributed by atoms with Gasteiger partial charge in [-0.25, -0.2) is 4.39 Å². The second-order valence-electron chi connectivity index (χ2n) is 5.13. The Morgan fingerprint density at radius 1 is 1.57 bits per heavy atom. The van der Waals surface area contributed by atoms with Crippen molar-refractivity contribution in [3.8, 4) is 5.75 Å². The van der Waals surface area contributed by atoms with E-state index >= 15 is 0 Å². The van der Waals surface area contributed by atoms with Crippen molar-refractivity contribution in [3.63, 3.8) is 0 Å². The van der Waals surface area contributed by atoms with Gasteiger partial charge in [0.1, 0.15) is 12.1 Å². The number of benzene rings is 1. The first kappa shape index (κ1) is 16.8. The number of carbonyl (C=O) groups is 1. The maximum atomic E-state index is 13.7. The highest BCUT2D eigenvalue weighted by Gasteiger charge is 2.34. The molecule has 0 fully saturated rings. The van der Waals surface area contributed by atoms with Crippen LogP contribution in [-0.2, 0) is 4.79 Å². The normalized spacial score (nSPS) is 13.8. The van der Waals surface area contributed by atoms with E-state index in [-0.39, 0.29) is 12.6 Å². The van der Waals surface area contributed by atoms with E-state index in [9.17, 15) is 19.3 Å². The highest BCUT2D eigenvalue weighted by Crippen LogP contribution is 2.30. The van der Waals surface area contributed by atoms with E-state index in [2.05, 4.69) is 5.32 Å². The molecule has 1 aromatic carbocycles. The molecule has 1 aromatic rings. The Bertz CT molecular complexity index is 550. The van der Waals surface area contributed by atoms with Crippen LogP contribution >= 0.6 is 0 Å². The van der Waals surface area contributed by atoms with E-state index in [1.165, 1.54) is 13.0 Å². The molecule has 3 N–H and O–H groups in total. The molecule has 1 unspecified atom stereocenters. The predicted octanol–water partition coefficient (Wildman–Crippen LogP) is 1.35. The van der Waals surface area contributed by atoms with Crippen molar-refractivity contribution < 1.29 is 18.8 Å². The minimum Gasteiger partial charge on any atom is -0.482 e. The first-order valence-electron chi connectivity index (χ1n) is 6.30. The Morgan fingerprint density at radius 2 is 2.19 bits per heavy atom. The van der Waals surface area contributed by atoms with Crippen molar-refractivity contribution in [2.75, 3.05) is 6.61 Å². The van der Waals surface area contributed by atoms with Crippen LogP contribution in [-0.4, -0.2) is 29.0 Å². The van der Waals surface area contributed by atoms with Gasteiger partial charge < -0.3 is 10.5 Å². The molecule has 0 saturated carbocycles. The van der Waals surface area contributed by atoms with Crippen molar-refractivity contribution >= 4 is 11.6 Å². The number of nitro benzene ring substituents is 1. The minimum absolute atomic E-state index is 0.0818. The SMILES string of the molecule is CC(C)NC(C)(COc1c(F)cccc1[N+](=O)[O-])C(N)=O. The molecule has 7 nitrogen and oxygen atoms in total. The number of para-hydroxylation sites is 1. The average Bonchev–Trinajstić information content (AvgIpc) is 2.35. The topological polar surface area (TPSA) is 107 Å². The minimum atomic E-state index is -1.27. The van der Waals surface area contributed by atoms with Crippen LogP contribution in [0.1, 0.15) is 20.8 Å². The molecule has 0 aliphatic heterocycles. The number of nitro groups is 1. The third-order valence-electron chi connectivity index (χ3n) is 2.80. The van der Waals surface area contributed by atoms with Crippen LogP contribution < -0.4 is 15.8 Å². The molecule has 8 heteroatoms. The van der Waals surface area contributed by atoms with Crippen LogP contribution in [0.25, 0.3) is 0 Å². The number of amides is 1. The lowest BCUT2D eigenvalue weighted by Gasteiger charge is -2.29. The van der Waals surface area contributed by atoms with Crippen LogP contribution in [0.4, 0.5) is 10.1 Å². The highest BCUT2D eigenvalue weighted by atomic mass is 19.1. The van der Waals surface area contributed by atoms with Crippen LogP contribution in [0.15, 0.2) is 18.2 Å². The lowest BCUT2D eigenvalue weighted by Crippen LogP contribution is -2.59. The summed E-state index contributed by atoms with van der Waals surface area (Å²) in [7, 11) is 0. The van der Waals surface area contributed by atoms with Gasteiger partial charge in [-0.3, -0.25) is 20.2 Å². The predicted molar refractivity (Wildman–Crippen MR) is 74.4 cm³/mol. The molecule has 0 aliphatic rings. The number of carbonyl (C=O) groups excluding carboxylic acids is 1. The first-order valence-corrected chi connectivity index (χ1v) is 6.30. The van der Waals surface area contributed by atoms with E-state index in [4.69, 9.17) is 10.5 Å². The molecule has 0 bridgehead atoms. The number of nitrogens with zero attached hydrogens (tertiary/aromatic N) is 1. The Hall–Kier alpha value is -2.22. The maximum absolute atomic E-state index is 13.7. The maximum Gasteiger partial charge on any atom is 0.314 e. The molecule has 21 heavy (non-hydrogen) atoms. The smallest absolute Gasteiger partial charge is 0.314 e. The molecule has 0 spiro atoms. The van der Waals surface area contributed by atoms with E-state index in [1.54, 1.807) is 13.8 Å². The lowest BCUT2D eigenvalue weighted by molar-refractivity contribution is -0.386. The zero-order valence-electron chi connectivity index (χ0n) is 12.1. The second-order valence-corrected chi connectivity index (χ2v) is 5.13. The third-order valence-corrected chi connectivity index (χ3v) is 2.80. The Kier molecular flexibility index (Phi) is 5.20. The van der Waals surface area contributed by atoms with Gasteiger partial charge in [0.2, 0.25) is 11.7 Å². The molecular formula is C13H18FN3O4. The summed E-state index contributed by atoms with van der Waals surface area (Å²) in [6, 6.07) is 3.29. The number of nitrogens with two attached hydrogens (primary N) is 1. The lowest BCUT2D eigenvalue weighted by atomic mass is 10.0. The van der Waals surface area contributed by atoms with Crippen LogP contribution in [0.2, 0.25) is 0 Å². The van der Waals surface area contributed by atoms with Crippen molar-refractivity contribution in [1.29, 1.82) is 0 Å². The molecule has 0 radical (unpaired) electrons. The number of hydrogen-bond donors (Lipinski definition) is 2. The van der Waals surface area contributed by atoms with Gasteiger partial charge in [-0.15, -0.1) is 0 Å². The van der Waals surface area contributed by atoms with Gasteiger partial charge in [0, 0.05) is 12.1 Å². The molecule has 0 aromatic heterocycles. The number of ether oxygens (including phenoxy) is 1. The standard InChI is InChI=1S/C13H18FN3O4/c1-8(2)16-13(3,12(15)18)7-21-11-9(14)5-4-6-10(11)17(19)20/h4-6,8,16H,7H2,1-3H3,(H2,15,18). The molecular weight excluding hydrogens is 281 g/mol. The fraction of sp³-hybridized carbons (Fsp3) is 0.462. The van der Waals surface area contributed by atoms with Gasteiger partial charge in [0.05, 0.1) is 4.92 Å². The van der Waals surface area contributed by atoms with Crippen molar-refractivity contribution in [2.45, 2.75) is 32.4 Å². The monoisotopic (exact) mass is 299 g/mol. The zero-order valence-corrected chi connectivity index (χ0v) is 12.1. The third kappa shape index (κ3) is 4.12. The number of rotatable bonds is 7. The number of halogens is 1. The summed E-state index contributed by atoms with van der Waals surface area (Å²) in [5.41, 5.74) is 3.53. The summed E-state index contributed by atoms with van der Waals surface area (Å²) in [5, 5.41) is 13.8. The first-order chi connectivity index (χ1) is 9.67. The number of hydrogen-bond acceptors (Lipinski definition) is 5. The second kappa shape index (κ2) is 6.49. The highest BCUT2D eigenvalue weighted by molar-refractivity contribution is 5.84. The van der Waals surface area contributed by atoms with Gasteiger partial charge in [-0.05, 0) is 26.8 Å². The summed E-state index contributed by atoms with van der Waals surface area (Å²) >= 11 is 0. The summed E-state index contributed by atoms with van der Waals surface area (Å²) in [5.74, 6) is -2.09. The molecule has 1 atom stereocenters. The van der Waals surface area contributed by atoms with Gasteiger partial charge in [0.25, 0.3) is 0 Å². The van der Waals surface area contributed by atoms with Gasteiger partial charge in [0.15, 0.2) is 5.82 Å². The largest absolute Gasteiger partial charge is 0.482 e. The Balaban J connectivity index is 3.01. The molecule has 0 heterocycles. The van der Waals surface area contributed by atoms with Crippen LogP contribution in [0.3, 0.4) is 0 Å².